The van der Waals surface area contributed by atoms with Crippen LogP contribution in [-0.4, -0.2) is 18.0 Å². The zero-order valence-corrected chi connectivity index (χ0v) is 10.3. The van der Waals surface area contributed by atoms with E-state index in [0.29, 0.717) is 5.02 Å². The van der Waals surface area contributed by atoms with Crippen LogP contribution in [0.4, 0.5) is 10.1 Å². The first kappa shape index (κ1) is 12.3. The van der Waals surface area contributed by atoms with Crippen LogP contribution in [0.25, 0.3) is 0 Å². The highest BCUT2D eigenvalue weighted by Gasteiger charge is 2.36. The lowest BCUT2D eigenvalue weighted by atomic mass is 9.99. The van der Waals surface area contributed by atoms with Gasteiger partial charge < -0.3 is 10.6 Å². The van der Waals surface area contributed by atoms with E-state index >= 15 is 0 Å². The summed E-state index contributed by atoms with van der Waals surface area (Å²) in [6.45, 7) is 2.64. The van der Waals surface area contributed by atoms with Crippen LogP contribution in [-0.2, 0) is 4.79 Å². The second-order valence-corrected chi connectivity index (χ2v) is 4.88. The predicted molar refractivity (Wildman–Crippen MR) is 65.7 cm³/mol. The molecule has 1 atom stereocenters. The van der Waals surface area contributed by atoms with Crippen molar-refractivity contribution < 1.29 is 9.18 Å². The number of hydrogen-bond donors (Lipinski definition) is 2. The molecule has 2 rings (SSSR count). The van der Waals surface area contributed by atoms with E-state index in [-0.39, 0.29) is 11.6 Å². The molecule has 92 valence electrons. The fourth-order valence-electron chi connectivity index (χ4n) is 1.94. The standard InChI is InChI=1S/C12H14ClFN2O/c1-12(5-2-6-15-12)11(17)16-10-4-3-8(13)7-9(10)14/h3-4,7,15H,2,5-6H2,1H3,(H,16,17). The Bertz CT molecular complexity index is 444. The molecule has 1 heterocycles. The molecule has 1 saturated heterocycles. The number of anilines is 1. The Morgan fingerprint density at radius 3 is 2.94 bits per heavy atom. The molecule has 0 aromatic heterocycles. The normalized spacial score (nSPS) is 23.7. The number of carbonyl (C=O) groups is 1. The first-order valence-corrected chi connectivity index (χ1v) is 5.91. The summed E-state index contributed by atoms with van der Waals surface area (Å²) in [7, 11) is 0. The maximum atomic E-state index is 13.5. The van der Waals surface area contributed by atoms with Crippen LogP contribution in [0.1, 0.15) is 19.8 Å². The second kappa shape index (κ2) is 4.63. The monoisotopic (exact) mass is 256 g/mol. The maximum absolute atomic E-state index is 13.5. The van der Waals surface area contributed by atoms with Gasteiger partial charge in [0.25, 0.3) is 0 Å². The highest BCUT2D eigenvalue weighted by atomic mass is 35.5. The molecule has 5 heteroatoms. The summed E-state index contributed by atoms with van der Waals surface area (Å²) in [4.78, 5) is 12.0. The molecule has 0 bridgehead atoms. The average Bonchev–Trinajstić information content (AvgIpc) is 2.71. The number of rotatable bonds is 2. The summed E-state index contributed by atoms with van der Waals surface area (Å²) in [6, 6.07) is 4.19. The van der Waals surface area contributed by atoms with Crippen molar-refractivity contribution in [2.24, 2.45) is 0 Å². The van der Waals surface area contributed by atoms with Crippen LogP contribution < -0.4 is 10.6 Å². The van der Waals surface area contributed by atoms with Crippen LogP contribution in [0.15, 0.2) is 18.2 Å². The molecule has 0 aliphatic carbocycles. The number of halogens is 2. The number of benzene rings is 1. The highest BCUT2D eigenvalue weighted by Crippen LogP contribution is 2.23. The van der Waals surface area contributed by atoms with Gasteiger partial charge in [-0.1, -0.05) is 11.6 Å². The molecule has 1 unspecified atom stereocenters. The molecule has 0 spiro atoms. The lowest BCUT2D eigenvalue weighted by molar-refractivity contribution is -0.121. The molecule has 17 heavy (non-hydrogen) atoms. The topological polar surface area (TPSA) is 41.1 Å². The Morgan fingerprint density at radius 2 is 2.35 bits per heavy atom. The fraction of sp³-hybridized carbons (Fsp3) is 0.417. The molecule has 1 fully saturated rings. The van der Waals surface area contributed by atoms with Crippen molar-refractivity contribution in [1.29, 1.82) is 0 Å². The fourth-order valence-corrected chi connectivity index (χ4v) is 2.10. The number of hydrogen-bond acceptors (Lipinski definition) is 2. The van der Waals surface area contributed by atoms with Gasteiger partial charge in [0, 0.05) is 5.02 Å². The summed E-state index contributed by atoms with van der Waals surface area (Å²) in [5.41, 5.74) is -0.444. The summed E-state index contributed by atoms with van der Waals surface area (Å²) >= 11 is 5.64. The van der Waals surface area contributed by atoms with Gasteiger partial charge in [0.05, 0.1) is 11.2 Å². The van der Waals surface area contributed by atoms with E-state index in [1.165, 1.54) is 12.1 Å². The lowest BCUT2D eigenvalue weighted by Crippen LogP contribution is -2.48. The van der Waals surface area contributed by atoms with E-state index in [2.05, 4.69) is 10.6 Å². The van der Waals surface area contributed by atoms with Crippen molar-refractivity contribution in [3.05, 3.63) is 29.0 Å². The average molecular weight is 257 g/mol. The van der Waals surface area contributed by atoms with Gasteiger partial charge in [-0.3, -0.25) is 4.79 Å². The zero-order valence-electron chi connectivity index (χ0n) is 9.52. The first-order chi connectivity index (χ1) is 8.01. The summed E-state index contributed by atoms with van der Waals surface area (Å²) in [5.74, 6) is -0.733. The highest BCUT2D eigenvalue weighted by molar-refractivity contribution is 6.30. The van der Waals surface area contributed by atoms with E-state index in [1.54, 1.807) is 6.07 Å². The SMILES string of the molecule is CC1(C(=O)Nc2ccc(Cl)cc2F)CCCN1. The molecular formula is C12H14ClFN2O. The third-order valence-electron chi connectivity index (χ3n) is 3.05. The molecule has 1 aliphatic rings. The van der Waals surface area contributed by atoms with E-state index < -0.39 is 11.4 Å². The van der Waals surface area contributed by atoms with E-state index in [9.17, 15) is 9.18 Å². The molecular weight excluding hydrogens is 243 g/mol. The van der Waals surface area contributed by atoms with Gasteiger partial charge in [0.2, 0.25) is 5.91 Å². The van der Waals surface area contributed by atoms with Crippen LogP contribution in [0.2, 0.25) is 5.02 Å². The van der Waals surface area contributed by atoms with E-state index in [4.69, 9.17) is 11.6 Å². The third-order valence-corrected chi connectivity index (χ3v) is 3.28. The van der Waals surface area contributed by atoms with E-state index in [1.807, 2.05) is 6.92 Å². The first-order valence-electron chi connectivity index (χ1n) is 5.53. The maximum Gasteiger partial charge on any atom is 0.244 e. The third kappa shape index (κ3) is 2.58. The molecule has 1 amide bonds. The van der Waals surface area contributed by atoms with Gasteiger partial charge >= 0.3 is 0 Å². The largest absolute Gasteiger partial charge is 0.322 e. The Labute approximate surface area is 104 Å². The van der Waals surface area contributed by atoms with Crippen molar-refractivity contribution in [1.82, 2.24) is 5.32 Å². The molecule has 2 N–H and O–H groups in total. The van der Waals surface area contributed by atoms with Crippen molar-refractivity contribution in [3.63, 3.8) is 0 Å². The van der Waals surface area contributed by atoms with Crippen LogP contribution in [0.3, 0.4) is 0 Å². The minimum absolute atomic E-state index is 0.161. The van der Waals surface area contributed by atoms with Crippen molar-refractivity contribution in [2.75, 3.05) is 11.9 Å². The molecule has 0 radical (unpaired) electrons. The minimum Gasteiger partial charge on any atom is -0.322 e. The summed E-state index contributed by atoms with van der Waals surface area (Å²) in [5, 5.41) is 6.02. The Hall–Kier alpha value is -1.13. The van der Waals surface area contributed by atoms with Gasteiger partial charge in [-0.25, -0.2) is 4.39 Å². The molecule has 1 aromatic carbocycles. The minimum atomic E-state index is -0.605. The van der Waals surface area contributed by atoms with Crippen molar-refractivity contribution in [2.45, 2.75) is 25.3 Å². The van der Waals surface area contributed by atoms with Gasteiger partial charge in [0.1, 0.15) is 5.82 Å². The van der Waals surface area contributed by atoms with Crippen molar-refractivity contribution >= 4 is 23.2 Å². The van der Waals surface area contributed by atoms with E-state index in [0.717, 1.165) is 19.4 Å². The van der Waals surface area contributed by atoms with Crippen LogP contribution in [0.5, 0.6) is 0 Å². The molecule has 0 saturated carbocycles. The number of nitrogens with one attached hydrogen (secondary N) is 2. The predicted octanol–water partition coefficient (Wildman–Crippen LogP) is 2.56. The van der Waals surface area contributed by atoms with Gasteiger partial charge in [-0.15, -0.1) is 0 Å². The van der Waals surface area contributed by atoms with Crippen LogP contribution in [0, 0.1) is 5.82 Å². The Kier molecular flexibility index (Phi) is 3.35. The quantitative estimate of drug-likeness (QED) is 0.854. The summed E-state index contributed by atoms with van der Waals surface area (Å²) in [6.07, 6.45) is 1.71. The molecule has 3 nitrogen and oxygen atoms in total. The summed E-state index contributed by atoms with van der Waals surface area (Å²) < 4.78 is 13.5. The number of amides is 1. The molecule has 1 aromatic rings. The van der Waals surface area contributed by atoms with Crippen molar-refractivity contribution in [3.8, 4) is 0 Å². The Balaban J connectivity index is 2.13. The smallest absolute Gasteiger partial charge is 0.244 e. The van der Waals surface area contributed by atoms with Gasteiger partial charge in [-0.05, 0) is 44.5 Å². The lowest BCUT2D eigenvalue weighted by Gasteiger charge is -2.23. The van der Waals surface area contributed by atoms with Crippen LogP contribution >= 0.6 is 11.6 Å². The zero-order chi connectivity index (χ0) is 12.5. The molecule has 1 aliphatic heterocycles. The Morgan fingerprint density at radius 1 is 1.59 bits per heavy atom. The van der Waals surface area contributed by atoms with Gasteiger partial charge in [-0.2, -0.15) is 0 Å². The second-order valence-electron chi connectivity index (χ2n) is 4.44. The number of carbonyl (C=O) groups excluding carboxylic acids is 1. The van der Waals surface area contributed by atoms with Gasteiger partial charge in [0.15, 0.2) is 0 Å².